The van der Waals surface area contributed by atoms with Gasteiger partial charge in [-0.25, -0.2) is 4.79 Å². The molecule has 0 radical (unpaired) electrons. The Bertz CT molecular complexity index is 509. The number of ether oxygens (including phenoxy) is 1. The van der Waals surface area contributed by atoms with Gasteiger partial charge in [-0.2, -0.15) is 0 Å². The molecule has 2 aromatic carbocycles. The van der Waals surface area contributed by atoms with Gasteiger partial charge >= 0.3 is 5.97 Å². The standard InChI is InChI=1S/C15H14O2.ClH/c1-12-7-5-6-10-14(12)15(16)17-11-13-8-3-2-4-9-13;/h2-10H,11H2,1H3;1H. The molecule has 0 N–H and O–H groups in total. The van der Waals surface area contributed by atoms with E-state index < -0.39 is 0 Å². The van der Waals surface area contributed by atoms with Crippen molar-refractivity contribution in [1.82, 2.24) is 0 Å². The number of aryl methyl sites for hydroxylation is 1. The van der Waals surface area contributed by atoms with Crippen LogP contribution >= 0.6 is 12.4 Å². The van der Waals surface area contributed by atoms with Crippen molar-refractivity contribution in [2.24, 2.45) is 0 Å². The fraction of sp³-hybridized carbons (Fsp3) is 0.133. The molecule has 0 bridgehead atoms. The number of hydrogen-bond donors (Lipinski definition) is 0. The lowest BCUT2D eigenvalue weighted by molar-refractivity contribution is 0.0472. The van der Waals surface area contributed by atoms with Crippen LogP contribution in [0.5, 0.6) is 0 Å². The van der Waals surface area contributed by atoms with Crippen LogP contribution in [0.4, 0.5) is 0 Å². The van der Waals surface area contributed by atoms with Crippen molar-refractivity contribution < 1.29 is 9.53 Å². The van der Waals surface area contributed by atoms with E-state index in [2.05, 4.69) is 0 Å². The number of carbonyl (C=O) groups is 1. The molecule has 0 aromatic heterocycles. The Morgan fingerprint density at radius 3 is 2.28 bits per heavy atom. The molecule has 0 spiro atoms. The molecular weight excluding hydrogens is 248 g/mol. The summed E-state index contributed by atoms with van der Waals surface area (Å²) in [6.45, 7) is 2.22. The van der Waals surface area contributed by atoms with Crippen LogP contribution in [-0.4, -0.2) is 5.97 Å². The van der Waals surface area contributed by atoms with E-state index in [1.165, 1.54) is 0 Å². The second-order valence-electron chi connectivity index (χ2n) is 3.88. The van der Waals surface area contributed by atoms with Crippen LogP contribution in [0.25, 0.3) is 0 Å². The molecule has 0 unspecified atom stereocenters. The monoisotopic (exact) mass is 262 g/mol. The average molecular weight is 263 g/mol. The summed E-state index contributed by atoms with van der Waals surface area (Å²) in [7, 11) is 0. The van der Waals surface area contributed by atoms with Crippen LogP contribution < -0.4 is 0 Å². The second kappa shape index (κ2) is 6.82. The molecule has 0 aliphatic heterocycles. The number of hydrogen-bond acceptors (Lipinski definition) is 2. The Morgan fingerprint density at radius 1 is 1.00 bits per heavy atom. The molecule has 0 atom stereocenters. The highest BCUT2D eigenvalue weighted by atomic mass is 35.5. The van der Waals surface area contributed by atoms with Crippen molar-refractivity contribution in [2.75, 3.05) is 0 Å². The van der Waals surface area contributed by atoms with Crippen LogP contribution in [0.2, 0.25) is 0 Å². The minimum Gasteiger partial charge on any atom is -0.457 e. The number of carbonyl (C=O) groups excluding carboxylic acids is 1. The zero-order valence-corrected chi connectivity index (χ0v) is 10.9. The molecule has 2 nitrogen and oxygen atoms in total. The second-order valence-corrected chi connectivity index (χ2v) is 3.88. The first-order valence-electron chi connectivity index (χ1n) is 5.54. The van der Waals surface area contributed by atoms with Gasteiger partial charge in [-0.05, 0) is 24.1 Å². The van der Waals surface area contributed by atoms with Crippen LogP contribution in [0, 0.1) is 6.92 Å². The van der Waals surface area contributed by atoms with Crippen molar-refractivity contribution in [1.29, 1.82) is 0 Å². The van der Waals surface area contributed by atoms with Crippen molar-refractivity contribution >= 4 is 18.4 Å². The molecule has 0 fully saturated rings. The molecule has 0 amide bonds. The zero-order valence-electron chi connectivity index (χ0n) is 10.1. The minimum atomic E-state index is -0.271. The minimum absolute atomic E-state index is 0. The van der Waals surface area contributed by atoms with E-state index in [0.29, 0.717) is 12.2 Å². The third kappa shape index (κ3) is 3.60. The molecule has 0 saturated carbocycles. The summed E-state index contributed by atoms with van der Waals surface area (Å²) in [5, 5.41) is 0. The molecule has 18 heavy (non-hydrogen) atoms. The lowest BCUT2D eigenvalue weighted by Crippen LogP contribution is -2.06. The van der Waals surface area contributed by atoms with Gasteiger partial charge in [0.15, 0.2) is 0 Å². The summed E-state index contributed by atoms with van der Waals surface area (Å²) < 4.78 is 5.26. The number of benzene rings is 2. The van der Waals surface area contributed by atoms with Gasteiger partial charge in [0.1, 0.15) is 6.61 Å². The summed E-state index contributed by atoms with van der Waals surface area (Å²) in [6, 6.07) is 17.1. The predicted octanol–water partition coefficient (Wildman–Crippen LogP) is 3.77. The van der Waals surface area contributed by atoms with E-state index in [-0.39, 0.29) is 18.4 Å². The molecule has 0 heterocycles. The van der Waals surface area contributed by atoms with E-state index >= 15 is 0 Å². The maximum Gasteiger partial charge on any atom is 0.338 e. The van der Waals surface area contributed by atoms with E-state index in [1.807, 2.05) is 55.5 Å². The van der Waals surface area contributed by atoms with Gasteiger partial charge in [0.25, 0.3) is 0 Å². The van der Waals surface area contributed by atoms with Gasteiger partial charge in [0.05, 0.1) is 5.56 Å². The first-order valence-corrected chi connectivity index (χ1v) is 5.54. The summed E-state index contributed by atoms with van der Waals surface area (Å²) in [5.74, 6) is -0.271. The smallest absolute Gasteiger partial charge is 0.338 e. The van der Waals surface area contributed by atoms with Crippen molar-refractivity contribution in [3.05, 3.63) is 71.3 Å². The summed E-state index contributed by atoms with van der Waals surface area (Å²) >= 11 is 0. The summed E-state index contributed by atoms with van der Waals surface area (Å²) in [5.41, 5.74) is 2.56. The van der Waals surface area contributed by atoms with E-state index in [1.54, 1.807) is 6.07 Å². The first-order chi connectivity index (χ1) is 8.27. The Morgan fingerprint density at radius 2 is 1.61 bits per heavy atom. The SMILES string of the molecule is Cc1ccccc1C(=O)OCc1ccccc1.Cl. The van der Waals surface area contributed by atoms with Crippen molar-refractivity contribution in [3.63, 3.8) is 0 Å². The van der Waals surface area contributed by atoms with Crippen LogP contribution in [0.15, 0.2) is 54.6 Å². The number of esters is 1. The molecule has 0 saturated heterocycles. The lowest BCUT2D eigenvalue weighted by atomic mass is 10.1. The molecule has 94 valence electrons. The highest BCUT2D eigenvalue weighted by Gasteiger charge is 2.09. The Hall–Kier alpha value is -1.80. The van der Waals surface area contributed by atoms with Gasteiger partial charge in [-0.1, -0.05) is 48.5 Å². The van der Waals surface area contributed by atoms with Gasteiger partial charge in [0, 0.05) is 0 Å². The van der Waals surface area contributed by atoms with Gasteiger partial charge in [-0.15, -0.1) is 12.4 Å². The topological polar surface area (TPSA) is 26.3 Å². The molecular formula is C15H15ClO2. The quantitative estimate of drug-likeness (QED) is 0.787. The van der Waals surface area contributed by atoms with E-state index in [0.717, 1.165) is 11.1 Å². The Kier molecular flexibility index (Phi) is 5.40. The number of halogens is 1. The highest BCUT2D eigenvalue weighted by molar-refractivity contribution is 5.90. The van der Waals surface area contributed by atoms with E-state index in [4.69, 9.17) is 4.74 Å². The fourth-order valence-electron chi connectivity index (χ4n) is 1.60. The van der Waals surface area contributed by atoms with Crippen molar-refractivity contribution in [3.8, 4) is 0 Å². The lowest BCUT2D eigenvalue weighted by Gasteiger charge is -2.06. The van der Waals surface area contributed by atoms with Gasteiger partial charge in [0.2, 0.25) is 0 Å². The fourth-order valence-corrected chi connectivity index (χ4v) is 1.60. The maximum atomic E-state index is 11.8. The van der Waals surface area contributed by atoms with E-state index in [9.17, 15) is 4.79 Å². The summed E-state index contributed by atoms with van der Waals surface area (Å²) in [4.78, 5) is 11.8. The predicted molar refractivity (Wildman–Crippen MR) is 74.0 cm³/mol. The third-order valence-corrected chi connectivity index (χ3v) is 2.58. The number of rotatable bonds is 3. The highest BCUT2D eigenvalue weighted by Crippen LogP contribution is 2.10. The Balaban J connectivity index is 0.00000162. The van der Waals surface area contributed by atoms with Gasteiger partial charge in [-0.3, -0.25) is 0 Å². The van der Waals surface area contributed by atoms with Crippen LogP contribution in [0.3, 0.4) is 0 Å². The normalized spacial score (nSPS) is 9.39. The first kappa shape index (κ1) is 14.3. The average Bonchev–Trinajstić information content (AvgIpc) is 2.38. The van der Waals surface area contributed by atoms with Crippen LogP contribution in [0.1, 0.15) is 21.5 Å². The van der Waals surface area contributed by atoms with Crippen molar-refractivity contribution in [2.45, 2.75) is 13.5 Å². The molecule has 3 heteroatoms. The molecule has 2 aromatic rings. The molecule has 0 aliphatic carbocycles. The third-order valence-electron chi connectivity index (χ3n) is 2.58. The van der Waals surface area contributed by atoms with Gasteiger partial charge < -0.3 is 4.74 Å². The maximum absolute atomic E-state index is 11.8. The largest absolute Gasteiger partial charge is 0.457 e. The molecule has 0 aliphatic rings. The van der Waals surface area contributed by atoms with Crippen LogP contribution in [-0.2, 0) is 11.3 Å². The molecule has 2 rings (SSSR count). The zero-order chi connectivity index (χ0) is 12.1. The Labute approximate surface area is 113 Å². The summed E-state index contributed by atoms with van der Waals surface area (Å²) in [6.07, 6.45) is 0.